The molecule has 0 saturated carbocycles. The Morgan fingerprint density at radius 1 is 1.09 bits per heavy atom. The van der Waals surface area contributed by atoms with Crippen LogP contribution in [-0.4, -0.2) is 55.5 Å². The third kappa shape index (κ3) is 5.15. The van der Waals surface area contributed by atoms with E-state index >= 15 is 0 Å². The first-order chi connectivity index (χ1) is 15.5. The fourth-order valence-electron chi connectivity index (χ4n) is 3.77. The van der Waals surface area contributed by atoms with Gasteiger partial charge in [-0.15, -0.1) is 6.58 Å². The highest BCUT2D eigenvalue weighted by atomic mass is 16.5. The molecular weight excluding hydrogens is 412 g/mol. The van der Waals surface area contributed by atoms with Crippen molar-refractivity contribution in [1.82, 2.24) is 10.6 Å². The number of aliphatic carboxylic acids is 1. The zero-order chi connectivity index (χ0) is 23.1. The van der Waals surface area contributed by atoms with Crippen molar-refractivity contribution in [1.29, 1.82) is 0 Å². The number of nitrogens with one attached hydrogen (secondary N) is 2. The predicted molar refractivity (Wildman–Crippen MR) is 118 cm³/mol. The SMILES string of the molecule is C=CCC(NC(=O)OCC1c2ccccc2-c2ccccc21)C(=O)NCC(OC)C(=O)O. The highest BCUT2D eigenvalue weighted by Crippen LogP contribution is 2.44. The lowest BCUT2D eigenvalue weighted by Crippen LogP contribution is -2.49. The van der Waals surface area contributed by atoms with Gasteiger partial charge >= 0.3 is 12.1 Å². The van der Waals surface area contributed by atoms with E-state index in [4.69, 9.17) is 14.6 Å². The topological polar surface area (TPSA) is 114 Å². The van der Waals surface area contributed by atoms with Gasteiger partial charge in [-0.25, -0.2) is 9.59 Å². The first-order valence-corrected chi connectivity index (χ1v) is 10.2. The lowest BCUT2D eigenvalue weighted by Gasteiger charge is -2.19. The fourth-order valence-corrected chi connectivity index (χ4v) is 3.77. The number of hydrogen-bond acceptors (Lipinski definition) is 5. The number of amides is 2. The summed E-state index contributed by atoms with van der Waals surface area (Å²) >= 11 is 0. The molecule has 0 aromatic heterocycles. The molecule has 2 aromatic rings. The summed E-state index contributed by atoms with van der Waals surface area (Å²) in [5.41, 5.74) is 4.40. The number of ether oxygens (including phenoxy) is 2. The molecule has 0 bridgehead atoms. The van der Waals surface area contributed by atoms with Gasteiger partial charge in [0.05, 0.1) is 6.54 Å². The van der Waals surface area contributed by atoms with Crippen LogP contribution >= 0.6 is 0 Å². The van der Waals surface area contributed by atoms with E-state index in [1.165, 1.54) is 13.2 Å². The second-order valence-electron chi connectivity index (χ2n) is 7.35. The molecule has 1 aliphatic carbocycles. The van der Waals surface area contributed by atoms with Gasteiger partial charge in [-0.2, -0.15) is 0 Å². The quantitative estimate of drug-likeness (QED) is 0.492. The van der Waals surface area contributed by atoms with E-state index in [9.17, 15) is 14.4 Å². The van der Waals surface area contributed by atoms with Crippen LogP contribution < -0.4 is 10.6 Å². The molecule has 32 heavy (non-hydrogen) atoms. The van der Waals surface area contributed by atoms with E-state index in [0.29, 0.717) is 0 Å². The molecule has 2 amide bonds. The number of carboxylic acids is 1. The minimum atomic E-state index is -1.20. The number of methoxy groups -OCH3 is 1. The van der Waals surface area contributed by atoms with Gasteiger partial charge in [0, 0.05) is 13.0 Å². The van der Waals surface area contributed by atoms with Crippen molar-refractivity contribution < 1.29 is 29.0 Å². The summed E-state index contributed by atoms with van der Waals surface area (Å²) in [7, 11) is 1.24. The van der Waals surface area contributed by atoms with Crippen LogP contribution in [0.3, 0.4) is 0 Å². The first-order valence-electron chi connectivity index (χ1n) is 10.2. The number of benzene rings is 2. The maximum absolute atomic E-state index is 12.4. The van der Waals surface area contributed by atoms with Crippen molar-refractivity contribution in [2.45, 2.75) is 24.5 Å². The number of hydrogen-bond donors (Lipinski definition) is 3. The molecule has 0 spiro atoms. The van der Waals surface area contributed by atoms with E-state index in [2.05, 4.69) is 17.2 Å². The second-order valence-corrected chi connectivity index (χ2v) is 7.35. The monoisotopic (exact) mass is 438 g/mol. The number of fused-ring (bicyclic) bond motifs is 3. The Morgan fingerprint density at radius 2 is 1.69 bits per heavy atom. The third-order valence-electron chi connectivity index (χ3n) is 5.38. The molecule has 2 atom stereocenters. The van der Waals surface area contributed by atoms with Gasteiger partial charge in [0.15, 0.2) is 6.10 Å². The molecule has 2 aromatic carbocycles. The largest absolute Gasteiger partial charge is 0.479 e. The maximum Gasteiger partial charge on any atom is 0.407 e. The van der Waals surface area contributed by atoms with E-state index in [0.717, 1.165) is 22.3 Å². The van der Waals surface area contributed by atoms with E-state index in [1.807, 2.05) is 48.5 Å². The number of carbonyl (C=O) groups is 3. The maximum atomic E-state index is 12.4. The zero-order valence-corrected chi connectivity index (χ0v) is 17.7. The van der Waals surface area contributed by atoms with Gasteiger partial charge in [0.1, 0.15) is 12.6 Å². The highest BCUT2D eigenvalue weighted by molar-refractivity contribution is 5.86. The predicted octanol–water partition coefficient (Wildman–Crippen LogP) is 2.69. The van der Waals surface area contributed by atoms with E-state index in [1.54, 1.807) is 0 Å². The fraction of sp³-hybridized carbons (Fsp3) is 0.292. The number of rotatable bonds is 10. The Morgan fingerprint density at radius 3 is 2.22 bits per heavy atom. The minimum Gasteiger partial charge on any atom is -0.479 e. The van der Waals surface area contributed by atoms with Crippen LogP contribution in [0.2, 0.25) is 0 Å². The van der Waals surface area contributed by atoms with Crippen molar-refractivity contribution in [2.75, 3.05) is 20.3 Å². The van der Waals surface area contributed by atoms with Crippen molar-refractivity contribution in [3.05, 3.63) is 72.3 Å². The van der Waals surface area contributed by atoms with Gasteiger partial charge in [-0.05, 0) is 28.7 Å². The Hall–Kier alpha value is -3.65. The van der Waals surface area contributed by atoms with Crippen molar-refractivity contribution in [3.8, 4) is 11.1 Å². The van der Waals surface area contributed by atoms with Crippen LogP contribution in [0.25, 0.3) is 11.1 Å². The zero-order valence-electron chi connectivity index (χ0n) is 17.7. The minimum absolute atomic E-state index is 0.0992. The molecule has 0 saturated heterocycles. The van der Waals surface area contributed by atoms with Gasteiger partial charge in [-0.3, -0.25) is 4.79 Å². The average molecular weight is 438 g/mol. The summed E-state index contributed by atoms with van der Waals surface area (Å²) in [5.74, 6) is -1.85. The average Bonchev–Trinajstić information content (AvgIpc) is 3.11. The molecule has 3 rings (SSSR count). The third-order valence-corrected chi connectivity index (χ3v) is 5.38. The number of carbonyl (C=O) groups excluding carboxylic acids is 2. The first kappa shape index (κ1) is 23.0. The lowest BCUT2D eigenvalue weighted by molar-refractivity contribution is -0.148. The van der Waals surface area contributed by atoms with E-state index in [-0.39, 0.29) is 25.5 Å². The molecule has 0 heterocycles. The van der Waals surface area contributed by atoms with Gasteiger partial charge in [-0.1, -0.05) is 54.6 Å². The smallest absolute Gasteiger partial charge is 0.407 e. The molecular formula is C24H26N2O6. The molecule has 8 heteroatoms. The summed E-state index contributed by atoms with van der Waals surface area (Å²) in [5, 5.41) is 14.0. The summed E-state index contributed by atoms with van der Waals surface area (Å²) in [6.45, 7) is 3.48. The molecule has 168 valence electrons. The van der Waals surface area contributed by atoms with Gasteiger partial charge in [0.25, 0.3) is 0 Å². The summed E-state index contributed by atoms with van der Waals surface area (Å²) in [6.07, 6.45) is -0.284. The standard InChI is InChI=1S/C24H26N2O6/c1-3-8-20(22(27)25-13-21(31-2)23(28)29)26-24(30)32-14-19-17-11-6-4-9-15(17)16-10-5-7-12-18(16)19/h3-7,9-12,19-21H,1,8,13-14H2,2H3,(H,25,27)(H,26,30)(H,28,29). The second kappa shape index (κ2) is 10.6. The molecule has 0 radical (unpaired) electrons. The van der Waals surface area contributed by atoms with Crippen LogP contribution in [0, 0.1) is 0 Å². The Kier molecular flexibility index (Phi) is 7.62. The number of carboxylic acid groups (broad SMARTS) is 1. The number of alkyl carbamates (subject to hydrolysis) is 1. The van der Waals surface area contributed by atoms with Crippen LogP contribution in [0.1, 0.15) is 23.5 Å². The van der Waals surface area contributed by atoms with Crippen LogP contribution in [0.5, 0.6) is 0 Å². The molecule has 1 aliphatic rings. The molecule has 2 unspecified atom stereocenters. The summed E-state index contributed by atoms with van der Waals surface area (Å²) in [4.78, 5) is 35.9. The Balaban J connectivity index is 1.61. The molecule has 8 nitrogen and oxygen atoms in total. The van der Waals surface area contributed by atoms with Gasteiger partial charge < -0.3 is 25.2 Å². The Labute approximate surface area is 186 Å². The van der Waals surface area contributed by atoms with Crippen LogP contribution in [0.4, 0.5) is 4.79 Å². The molecule has 3 N–H and O–H groups in total. The van der Waals surface area contributed by atoms with E-state index < -0.39 is 30.1 Å². The van der Waals surface area contributed by atoms with Gasteiger partial charge in [0.2, 0.25) is 5.91 Å². The van der Waals surface area contributed by atoms with Crippen LogP contribution in [-0.2, 0) is 19.1 Å². The Bertz CT molecular complexity index is 960. The van der Waals surface area contributed by atoms with Crippen molar-refractivity contribution in [3.63, 3.8) is 0 Å². The summed E-state index contributed by atoms with van der Waals surface area (Å²) < 4.78 is 10.3. The molecule has 0 aliphatic heterocycles. The lowest BCUT2D eigenvalue weighted by atomic mass is 9.98. The van der Waals surface area contributed by atoms with Crippen molar-refractivity contribution >= 4 is 18.0 Å². The van der Waals surface area contributed by atoms with Crippen LogP contribution in [0.15, 0.2) is 61.2 Å². The van der Waals surface area contributed by atoms with Crippen molar-refractivity contribution in [2.24, 2.45) is 0 Å². The normalized spacial score (nSPS) is 13.9. The summed E-state index contributed by atoms with van der Waals surface area (Å²) in [6, 6.07) is 15.0. The molecule has 0 fully saturated rings. The highest BCUT2D eigenvalue weighted by Gasteiger charge is 2.30.